The Kier molecular flexibility index (Phi) is 16.2. The van der Waals surface area contributed by atoms with Gasteiger partial charge in [0.25, 0.3) is 0 Å². The Labute approximate surface area is 170 Å². The minimum atomic E-state index is 0.255. The second-order valence-corrected chi connectivity index (χ2v) is 6.44. The zero-order valence-corrected chi connectivity index (χ0v) is 18.6. The molecule has 0 bridgehead atoms. The molecule has 7 nitrogen and oxygen atoms in total. The van der Waals surface area contributed by atoms with E-state index in [-0.39, 0.29) is 6.10 Å². The third-order valence-electron chi connectivity index (χ3n) is 3.14. The molecule has 1 heterocycles. The molecule has 0 saturated heterocycles. The molecule has 0 spiro atoms. The second-order valence-electron chi connectivity index (χ2n) is 6.44. The van der Waals surface area contributed by atoms with Crippen LogP contribution in [0.15, 0.2) is 36.5 Å². The summed E-state index contributed by atoms with van der Waals surface area (Å²) in [4.78, 5) is 0. The molecular formula is C21H39N5O2. The Morgan fingerprint density at radius 1 is 0.929 bits per heavy atom. The lowest BCUT2D eigenvalue weighted by Gasteiger charge is -2.08. The van der Waals surface area contributed by atoms with Gasteiger partial charge in [0.05, 0.1) is 38.0 Å². The molecule has 0 aliphatic carbocycles. The molecular weight excluding hydrogens is 354 g/mol. The first-order valence-corrected chi connectivity index (χ1v) is 10.0. The summed E-state index contributed by atoms with van der Waals surface area (Å²) in [5.41, 5.74) is 2.21. The SMILES string of the molecule is CC.CC(C)OCNCc1ccccc1.Cc1cn(CNCOC(C)C)nn1. The molecule has 1 aromatic carbocycles. The first kappa shape index (κ1) is 26.2. The summed E-state index contributed by atoms with van der Waals surface area (Å²) in [7, 11) is 0. The van der Waals surface area contributed by atoms with Crippen molar-refractivity contribution in [3.63, 3.8) is 0 Å². The van der Waals surface area contributed by atoms with Gasteiger partial charge in [-0.15, -0.1) is 5.10 Å². The van der Waals surface area contributed by atoms with Crippen LogP contribution in [0.5, 0.6) is 0 Å². The lowest BCUT2D eigenvalue weighted by molar-refractivity contribution is 0.0594. The summed E-state index contributed by atoms with van der Waals surface area (Å²) < 4.78 is 12.4. The normalized spacial score (nSPS) is 10.3. The van der Waals surface area contributed by atoms with Crippen molar-refractivity contribution in [2.75, 3.05) is 13.5 Å². The largest absolute Gasteiger partial charge is 0.364 e. The van der Waals surface area contributed by atoms with Crippen molar-refractivity contribution in [3.8, 4) is 0 Å². The van der Waals surface area contributed by atoms with Crippen LogP contribution in [-0.2, 0) is 22.7 Å². The zero-order chi connectivity index (χ0) is 21.2. The van der Waals surface area contributed by atoms with E-state index < -0.39 is 0 Å². The third-order valence-corrected chi connectivity index (χ3v) is 3.14. The fraction of sp³-hybridized carbons (Fsp3) is 0.619. The van der Waals surface area contributed by atoms with Crippen LogP contribution in [0.2, 0.25) is 0 Å². The lowest BCUT2D eigenvalue weighted by atomic mass is 10.2. The standard InChI is InChI=1S/C11H17NO.C8H16N4O.C2H6/c1-10(2)13-9-12-8-11-6-4-3-5-7-11;1-7(2)13-6-9-5-12-4-8(3)10-11-12;1-2/h3-7,10,12H,8-9H2,1-2H3;4,7,9H,5-6H2,1-3H3;1-2H3. The Balaban J connectivity index is 0.000000478. The number of hydrogen-bond donors (Lipinski definition) is 2. The lowest BCUT2D eigenvalue weighted by Crippen LogP contribution is -2.23. The highest BCUT2D eigenvalue weighted by Crippen LogP contribution is 1.97. The first-order valence-electron chi connectivity index (χ1n) is 10.0. The summed E-state index contributed by atoms with van der Waals surface area (Å²) in [6.45, 7) is 16.6. The van der Waals surface area contributed by atoms with Gasteiger partial charge < -0.3 is 9.47 Å². The number of hydrogen-bond acceptors (Lipinski definition) is 6. The molecule has 0 amide bonds. The third kappa shape index (κ3) is 15.3. The van der Waals surface area contributed by atoms with E-state index in [1.807, 2.05) is 72.9 Å². The van der Waals surface area contributed by atoms with E-state index in [9.17, 15) is 0 Å². The summed E-state index contributed by atoms with van der Waals surface area (Å²) in [6, 6.07) is 10.3. The number of nitrogens with one attached hydrogen (secondary N) is 2. The minimum absolute atomic E-state index is 0.255. The van der Waals surface area contributed by atoms with Gasteiger partial charge in [-0.3, -0.25) is 10.6 Å². The summed E-state index contributed by atoms with van der Waals surface area (Å²) in [5, 5.41) is 14.0. The Bertz CT molecular complexity index is 573. The topological polar surface area (TPSA) is 73.2 Å². The molecule has 2 rings (SSSR count). The molecule has 2 aromatic rings. The van der Waals surface area contributed by atoms with Gasteiger partial charge in [-0.2, -0.15) is 0 Å². The van der Waals surface area contributed by atoms with Crippen molar-refractivity contribution < 1.29 is 9.47 Å². The molecule has 0 fully saturated rings. The maximum absolute atomic E-state index is 5.35. The van der Waals surface area contributed by atoms with Gasteiger partial charge in [0.1, 0.15) is 0 Å². The molecule has 1 aromatic heterocycles. The Hall–Kier alpha value is -1.80. The highest BCUT2D eigenvalue weighted by Gasteiger charge is 1.95. The van der Waals surface area contributed by atoms with Gasteiger partial charge in [-0.05, 0) is 40.2 Å². The highest BCUT2D eigenvalue weighted by atomic mass is 16.5. The number of rotatable bonds is 10. The predicted octanol–water partition coefficient (Wildman–Crippen LogP) is 3.70. The molecule has 0 unspecified atom stereocenters. The van der Waals surface area contributed by atoms with Crippen molar-refractivity contribution in [1.29, 1.82) is 0 Å². The van der Waals surface area contributed by atoms with Crippen LogP contribution in [-0.4, -0.2) is 40.7 Å². The zero-order valence-electron chi connectivity index (χ0n) is 18.6. The van der Waals surface area contributed by atoms with Crippen LogP contribution in [0.4, 0.5) is 0 Å². The van der Waals surface area contributed by atoms with E-state index in [2.05, 4.69) is 33.1 Å². The highest BCUT2D eigenvalue weighted by molar-refractivity contribution is 5.14. The van der Waals surface area contributed by atoms with Crippen molar-refractivity contribution in [2.45, 2.75) is 73.9 Å². The average molecular weight is 394 g/mol. The van der Waals surface area contributed by atoms with Crippen molar-refractivity contribution in [3.05, 3.63) is 47.8 Å². The monoisotopic (exact) mass is 393 g/mol. The van der Waals surface area contributed by atoms with Crippen LogP contribution in [0.1, 0.15) is 52.8 Å². The maximum atomic E-state index is 5.35. The van der Waals surface area contributed by atoms with Gasteiger partial charge in [0.15, 0.2) is 0 Å². The molecule has 28 heavy (non-hydrogen) atoms. The van der Waals surface area contributed by atoms with Crippen molar-refractivity contribution in [1.82, 2.24) is 25.6 Å². The second kappa shape index (κ2) is 17.3. The molecule has 0 radical (unpaired) electrons. The smallest absolute Gasteiger partial charge is 0.0982 e. The van der Waals surface area contributed by atoms with Crippen molar-refractivity contribution in [2.24, 2.45) is 0 Å². The van der Waals surface area contributed by atoms with E-state index in [0.717, 1.165) is 12.2 Å². The van der Waals surface area contributed by atoms with Gasteiger partial charge in [-0.1, -0.05) is 49.4 Å². The van der Waals surface area contributed by atoms with Crippen LogP contribution in [0, 0.1) is 6.92 Å². The van der Waals surface area contributed by atoms with E-state index in [1.165, 1.54) is 5.56 Å². The summed E-state index contributed by atoms with van der Waals surface area (Å²) in [5.74, 6) is 0. The number of nitrogens with zero attached hydrogens (tertiary/aromatic N) is 3. The average Bonchev–Trinajstić information content (AvgIpc) is 3.10. The van der Waals surface area contributed by atoms with Gasteiger partial charge in [0.2, 0.25) is 0 Å². The van der Waals surface area contributed by atoms with E-state index >= 15 is 0 Å². The van der Waals surface area contributed by atoms with Gasteiger partial charge >= 0.3 is 0 Å². The fourth-order valence-electron chi connectivity index (χ4n) is 1.88. The molecule has 0 aliphatic heterocycles. The minimum Gasteiger partial charge on any atom is -0.364 e. The Morgan fingerprint density at radius 3 is 2.00 bits per heavy atom. The molecule has 0 saturated carbocycles. The quantitative estimate of drug-likeness (QED) is 0.474. The molecule has 0 aliphatic rings. The van der Waals surface area contributed by atoms with E-state index in [0.29, 0.717) is 26.2 Å². The van der Waals surface area contributed by atoms with E-state index in [1.54, 1.807) is 4.68 Å². The number of aryl methyl sites for hydroxylation is 1. The predicted molar refractivity (Wildman–Crippen MR) is 115 cm³/mol. The van der Waals surface area contributed by atoms with Crippen molar-refractivity contribution >= 4 is 0 Å². The number of benzene rings is 1. The molecule has 7 heteroatoms. The van der Waals surface area contributed by atoms with Crippen LogP contribution < -0.4 is 10.6 Å². The van der Waals surface area contributed by atoms with E-state index in [4.69, 9.17) is 9.47 Å². The number of aromatic nitrogens is 3. The maximum Gasteiger partial charge on any atom is 0.0982 e. The molecule has 0 atom stereocenters. The molecule has 2 N–H and O–H groups in total. The number of ether oxygens (including phenoxy) is 2. The summed E-state index contributed by atoms with van der Waals surface area (Å²) in [6.07, 6.45) is 2.43. The Morgan fingerprint density at radius 2 is 1.50 bits per heavy atom. The summed E-state index contributed by atoms with van der Waals surface area (Å²) >= 11 is 0. The van der Waals surface area contributed by atoms with Gasteiger partial charge in [-0.25, -0.2) is 4.68 Å². The fourth-order valence-corrected chi connectivity index (χ4v) is 1.88. The van der Waals surface area contributed by atoms with Gasteiger partial charge in [0, 0.05) is 12.7 Å². The first-order chi connectivity index (χ1) is 13.5. The van der Waals surface area contributed by atoms with Crippen LogP contribution in [0.3, 0.4) is 0 Å². The van der Waals surface area contributed by atoms with Crippen LogP contribution >= 0.6 is 0 Å². The van der Waals surface area contributed by atoms with Crippen LogP contribution in [0.25, 0.3) is 0 Å². The molecule has 160 valence electrons.